The number of esters is 1. The van der Waals surface area contributed by atoms with Gasteiger partial charge in [-0.1, -0.05) is 17.3 Å². The second kappa shape index (κ2) is 9.29. The molecule has 0 aliphatic heterocycles. The second-order valence-electron chi connectivity index (χ2n) is 7.31. The number of methoxy groups -OCH3 is 1. The highest BCUT2D eigenvalue weighted by Crippen LogP contribution is 2.22. The molecule has 0 saturated carbocycles. The number of amides is 3. The third-order valence-corrected chi connectivity index (χ3v) is 4.40. The summed E-state index contributed by atoms with van der Waals surface area (Å²) in [6.45, 7) is 3.01. The first kappa shape index (κ1) is 22.5. The first-order valence-corrected chi connectivity index (χ1v) is 9.49. The molecule has 1 heterocycles. The van der Waals surface area contributed by atoms with Crippen LogP contribution in [0.5, 0.6) is 0 Å². The molecule has 3 N–H and O–H groups in total. The number of benzene rings is 2. The average molecular weight is 440 g/mol. The number of aromatic nitrogens is 1. The van der Waals surface area contributed by atoms with Gasteiger partial charge in [-0.05, 0) is 50.2 Å². The number of nitrogens with zero attached hydrogens (tertiary/aromatic N) is 1. The van der Waals surface area contributed by atoms with E-state index in [0.29, 0.717) is 22.6 Å². The molecule has 3 amide bonds. The molecule has 32 heavy (non-hydrogen) atoms. The summed E-state index contributed by atoms with van der Waals surface area (Å²) < 4.78 is 22.7. The minimum atomic E-state index is -1.24. The first-order chi connectivity index (χ1) is 15.2. The summed E-state index contributed by atoms with van der Waals surface area (Å²) in [4.78, 5) is 36.1. The van der Waals surface area contributed by atoms with Gasteiger partial charge in [0.2, 0.25) is 5.76 Å². The molecule has 1 aromatic heterocycles. The van der Waals surface area contributed by atoms with Gasteiger partial charge in [0.1, 0.15) is 17.1 Å². The lowest BCUT2D eigenvalue weighted by Gasteiger charge is -2.22. The molecule has 9 nitrogen and oxygen atoms in total. The van der Waals surface area contributed by atoms with Crippen LogP contribution in [0.2, 0.25) is 0 Å². The number of ether oxygens (including phenoxy) is 1. The van der Waals surface area contributed by atoms with Crippen LogP contribution in [0.25, 0.3) is 11.3 Å². The van der Waals surface area contributed by atoms with Gasteiger partial charge in [0.05, 0.1) is 7.11 Å². The quantitative estimate of drug-likeness (QED) is 0.501. The van der Waals surface area contributed by atoms with Crippen LogP contribution in [0.15, 0.2) is 59.1 Å². The molecule has 0 unspecified atom stereocenters. The van der Waals surface area contributed by atoms with E-state index in [0.717, 1.165) is 0 Å². The van der Waals surface area contributed by atoms with Gasteiger partial charge in [0.15, 0.2) is 0 Å². The maximum Gasteiger partial charge on any atom is 0.330 e. The van der Waals surface area contributed by atoms with Crippen molar-refractivity contribution >= 4 is 29.3 Å². The van der Waals surface area contributed by atoms with Crippen molar-refractivity contribution in [2.45, 2.75) is 19.4 Å². The Balaban J connectivity index is 1.62. The monoisotopic (exact) mass is 440 g/mol. The molecule has 0 spiro atoms. The highest BCUT2D eigenvalue weighted by atomic mass is 19.1. The van der Waals surface area contributed by atoms with Gasteiger partial charge in [-0.15, -0.1) is 0 Å². The van der Waals surface area contributed by atoms with Crippen molar-refractivity contribution in [1.82, 2.24) is 10.5 Å². The maximum absolute atomic E-state index is 12.9. The molecule has 0 saturated heterocycles. The van der Waals surface area contributed by atoms with Gasteiger partial charge in [0.25, 0.3) is 5.91 Å². The van der Waals surface area contributed by atoms with Crippen molar-refractivity contribution in [3.8, 4) is 11.3 Å². The molecule has 0 aliphatic rings. The van der Waals surface area contributed by atoms with E-state index in [4.69, 9.17) is 4.52 Å². The smallest absolute Gasteiger partial charge is 0.330 e. The molecule has 0 bridgehead atoms. The van der Waals surface area contributed by atoms with E-state index in [2.05, 4.69) is 25.8 Å². The van der Waals surface area contributed by atoms with Crippen LogP contribution >= 0.6 is 0 Å². The zero-order chi connectivity index (χ0) is 23.3. The van der Waals surface area contributed by atoms with Crippen molar-refractivity contribution in [3.05, 3.63) is 66.2 Å². The zero-order valence-electron chi connectivity index (χ0n) is 17.6. The van der Waals surface area contributed by atoms with E-state index in [1.807, 2.05) is 0 Å². The number of hydrogen-bond donors (Lipinski definition) is 3. The molecular weight excluding hydrogens is 419 g/mol. The summed E-state index contributed by atoms with van der Waals surface area (Å²) in [6, 6.07) is 13.0. The van der Waals surface area contributed by atoms with E-state index in [1.165, 1.54) is 51.3 Å². The van der Waals surface area contributed by atoms with Crippen molar-refractivity contribution in [3.63, 3.8) is 0 Å². The van der Waals surface area contributed by atoms with Crippen molar-refractivity contribution in [2.75, 3.05) is 17.7 Å². The Morgan fingerprint density at radius 3 is 2.09 bits per heavy atom. The lowest BCUT2D eigenvalue weighted by molar-refractivity contribution is -0.146. The highest BCUT2D eigenvalue weighted by molar-refractivity contribution is 6.00. The number of carbonyl (C=O) groups is 3. The van der Waals surface area contributed by atoms with E-state index in [1.54, 1.807) is 24.3 Å². The maximum atomic E-state index is 12.9. The summed E-state index contributed by atoms with van der Waals surface area (Å²) in [5.74, 6) is -1.68. The third-order valence-electron chi connectivity index (χ3n) is 4.40. The summed E-state index contributed by atoms with van der Waals surface area (Å²) in [5.41, 5.74) is 0.762. The molecule has 0 aliphatic carbocycles. The Bertz CT molecular complexity index is 1120. The van der Waals surface area contributed by atoms with Gasteiger partial charge >= 0.3 is 12.0 Å². The number of anilines is 2. The summed E-state index contributed by atoms with van der Waals surface area (Å²) in [6.07, 6.45) is 0. The van der Waals surface area contributed by atoms with E-state index < -0.39 is 29.3 Å². The Kier molecular flexibility index (Phi) is 6.53. The van der Waals surface area contributed by atoms with E-state index in [-0.39, 0.29) is 5.76 Å². The van der Waals surface area contributed by atoms with Crippen LogP contribution in [0.3, 0.4) is 0 Å². The highest BCUT2D eigenvalue weighted by Gasteiger charge is 2.32. The standard InChI is InChI=1S/C22H21FN4O5/c1-22(2,20(29)31-3)26-19(28)18-12-17(27-32-18)13-4-8-15(9-5-13)24-21(30)25-16-10-6-14(23)7-11-16/h4-12H,1-3H3,(H,26,28)(H2,24,25,30). The number of rotatable bonds is 6. The van der Waals surface area contributed by atoms with Crippen LogP contribution in [-0.2, 0) is 9.53 Å². The van der Waals surface area contributed by atoms with E-state index in [9.17, 15) is 18.8 Å². The number of halogens is 1. The number of nitrogens with one attached hydrogen (secondary N) is 3. The normalized spacial score (nSPS) is 10.9. The third kappa shape index (κ3) is 5.48. The minimum absolute atomic E-state index is 0.0714. The Hall–Kier alpha value is -4.21. The van der Waals surface area contributed by atoms with Crippen LogP contribution < -0.4 is 16.0 Å². The molecular formula is C22H21FN4O5. The zero-order valence-corrected chi connectivity index (χ0v) is 17.6. The largest absolute Gasteiger partial charge is 0.467 e. The lowest BCUT2D eigenvalue weighted by Crippen LogP contribution is -2.50. The van der Waals surface area contributed by atoms with Crippen LogP contribution in [0.4, 0.5) is 20.6 Å². The molecule has 0 atom stereocenters. The molecule has 0 fully saturated rings. The number of hydrogen-bond acceptors (Lipinski definition) is 6. The van der Waals surface area contributed by atoms with Crippen molar-refractivity contribution in [2.24, 2.45) is 0 Å². The van der Waals surface area contributed by atoms with Gasteiger partial charge in [0, 0.05) is 23.0 Å². The Morgan fingerprint density at radius 2 is 1.53 bits per heavy atom. The summed E-state index contributed by atoms with van der Waals surface area (Å²) >= 11 is 0. The SMILES string of the molecule is COC(=O)C(C)(C)NC(=O)c1cc(-c2ccc(NC(=O)Nc3ccc(F)cc3)cc2)no1. The second-order valence-corrected chi connectivity index (χ2v) is 7.31. The van der Waals surface area contributed by atoms with Crippen LogP contribution in [0.1, 0.15) is 24.4 Å². The fourth-order valence-corrected chi connectivity index (χ4v) is 2.72. The number of carbonyl (C=O) groups excluding carboxylic acids is 3. The van der Waals surface area contributed by atoms with E-state index >= 15 is 0 Å². The summed E-state index contributed by atoms with van der Waals surface area (Å²) in [7, 11) is 1.23. The van der Waals surface area contributed by atoms with Gasteiger partial charge in [-0.2, -0.15) is 0 Å². The van der Waals surface area contributed by atoms with Crippen LogP contribution in [0, 0.1) is 5.82 Å². The topological polar surface area (TPSA) is 123 Å². The predicted molar refractivity (Wildman–Crippen MR) is 115 cm³/mol. The summed E-state index contributed by atoms with van der Waals surface area (Å²) in [5, 5.41) is 11.6. The Labute approximate surface area is 182 Å². The fraction of sp³-hybridized carbons (Fsp3) is 0.182. The van der Waals surface area contributed by atoms with Gasteiger partial charge in [-0.25, -0.2) is 14.0 Å². The van der Waals surface area contributed by atoms with Gasteiger partial charge in [-0.3, -0.25) is 4.79 Å². The molecule has 2 aromatic carbocycles. The molecule has 166 valence electrons. The minimum Gasteiger partial charge on any atom is -0.467 e. The average Bonchev–Trinajstić information content (AvgIpc) is 3.25. The fourth-order valence-electron chi connectivity index (χ4n) is 2.72. The molecule has 3 aromatic rings. The van der Waals surface area contributed by atoms with Crippen molar-refractivity contribution in [1.29, 1.82) is 0 Å². The first-order valence-electron chi connectivity index (χ1n) is 9.49. The molecule has 3 rings (SSSR count). The molecule has 10 heteroatoms. The van der Waals surface area contributed by atoms with Gasteiger partial charge < -0.3 is 25.2 Å². The lowest BCUT2D eigenvalue weighted by atomic mass is 10.1. The number of urea groups is 1. The van der Waals surface area contributed by atoms with Crippen molar-refractivity contribution < 1.29 is 28.0 Å². The van der Waals surface area contributed by atoms with Crippen LogP contribution in [-0.4, -0.2) is 35.7 Å². The Morgan fingerprint density at radius 1 is 0.969 bits per heavy atom. The molecule has 0 radical (unpaired) electrons. The predicted octanol–water partition coefficient (Wildman–Crippen LogP) is 3.81.